The predicted molar refractivity (Wildman–Crippen MR) is 207 cm³/mol. The molecule has 1 spiro atoms. The van der Waals surface area contributed by atoms with Crippen molar-refractivity contribution in [3.05, 3.63) is 107 Å². The number of carbonyl (C=O) groups excluding carboxylic acids is 3. The zero-order valence-electron chi connectivity index (χ0n) is 32.5. The minimum absolute atomic E-state index is 0.0285. The highest BCUT2D eigenvalue weighted by molar-refractivity contribution is 5.92. The largest absolute Gasteiger partial charge is 0.350 e. The van der Waals surface area contributed by atoms with Crippen LogP contribution in [0.15, 0.2) is 65.6 Å². The average Bonchev–Trinajstić information content (AvgIpc) is 3.86. The van der Waals surface area contributed by atoms with E-state index in [1.165, 1.54) is 36.3 Å². The second-order valence-corrected chi connectivity index (χ2v) is 15.5. The standard InChI is InChI=1S/C41H43F3N10O4/c1-23-29(18-46-36(48-23)32-15-34(58-52-32)37(56)47-19-35-49-38(51-50-35)40(3,4)24(2)42)28-9-7-25(13-30(28)43)20-53-21-41(22-53)16-27(17-41)26-8-10-33(31(44)14-26)54(11-6-12-55)39(57)45-5/h7-10,12-15,18,27H,2,6,11,16-17,19-22H2,1,3-5H3,(H,45,57)(H,47,56)(H,49,50,51). The van der Waals surface area contributed by atoms with E-state index in [1.807, 2.05) is 12.1 Å². The number of H-pyrrole nitrogens is 1. The zero-order valence-corrected chi connectivity index (χ0v) is 32.5. The third-order valence-corrected chi connectivity index (χ3v) is 11.0. The van der Waals surface area contributed by atoms with Crippen molar-refractivity contribution in [3.8, 4) is 22.6 Å². The number of nitrogens with zero attached hydrogens (tertiary/aromatic N) is 7. The van der Waals surface area contributed by atoms with Crippen LogP contribution < -0.4 is 15.5 Å². The molecule has 302 valence electrons. The SMILES string of the molecule is C=C(F)C(C)(C)c1n[nH]c(CNC(=O)c2cc(-c3ncc(-c4ccc(CN5CC6(CC(c7ccc(N(CCC=O)C(=O)NC)c(F)c7)C6)C5)cc4F)c(C)n3)no2)n1. The molecule has 0 bridgehead atoms. The molecule has 0 atom stereocenters. The Labute approximate surface area is 332 Å². The number of rotatable bonds is 14. The molecule has 17 heteroatoms. The molecule has 14 nitrogen and oxygen atoms in total. The summed E-state index contributed by atoms with van der Waals surface area (Å²) in [6.07, 6.45) is 4.15. The van der Waals surface area contributed by atoms with Crippen LogP contribution in [0.3, 0.4) is 0 Å². The summed E-state index contributed by atoms with van der Waals surface area (Å²) < 4.78 is 49.7. The van der Waals surface area contributed by atoms with Crippen molar-refractivity contribution >= 4 is 23.9 Å². The van der Waals surface area contributed by atoms with Crippen molar-refractivity contribution < 1.29 is 32.1 Å². The van der Waals surface area contributed by atoms with Crippen molar-refractivity contribution in [2.75, 3.05) is 31.6 Å². The second kappa shape index (κ2) is 16.0. The highest BCUT2D eigenvalue weighted by Crippen LogP contribution is 2.56. The number of urea groups is 1. The van der Waals surface area contributed by atoms with E-state index < -0.39 is 34.8 Å². The van der Waals surface area contributed by atoms with Crippen molar-refractivity contribution in [2.24, 2.45) is 5.41 Å². The van der Waals surface area contributed by atoms with Crippen molar-refractivity contribution in [2.45, 2.75) is 64.5 Å². The number of carbonyl (C=O) groups is 3. The van der Waals surface area contributed by atoms with Gasteiger partial charge in [0.2, 0.25) is 5.76 Å². The summed E-state index contributed by atoms with van der Waals surface area (Å²) in [5.41, 5.74) is 2.50. The van der Waals surface area contributed by atoms with E-state index in [2.05, 4.69) is 52.4 Å². The van der Waals surface area contributed by atoms with Gasteiger partial charge in [-0.25, -0.2) is 32.9 Å². The number of aryl methyl sites for hydroxylation is 1. The molecule has 1 aliphatic carbocycles. The molecule has 0 unspecified atom stereocenters. The number of likely N-dealkylation sites (tertiary alicyclic amines) is 1. The Morgan fingerprint density at radius 3 is 2.55 bits per heavy atom. The van der Waals surface area contributed by atoms with E-state index >= 15 is 8.78 Å². The lowest BCUT2D eigenvalue weighted by Gasteiger charge is -2.59. The number of hydrogen-bond donors (Lipinski definition) is 3. The number of allylic oxidation sites excluding steroid dienone is 1. The Hall–Kier alpha value is -6.23. The van der Waals surface area contributed by atoms with Crippen LogP contribution in [0.1, 0.15) is 78.1 Å². The van der Waals surface area contributed by atoms with E-state index in [0.717, 1.165) is 37.1 Å². The summed E-state index contributed by atoms with van der Waals surface area (Å²) in [6.45, 7) is 10.6. The molecule has 0 radical (unpaired) electrons. The van der Waals surface area contributed by atoms with E-state index in [9.17, 15) is 18.8 Å². The van der Waals surface area contributed by atoms with Crippen LogP contribution >= 0.6 is 0 Å². The fraction of sp³-hybridized carbons (Fsp3) is 0.366. The maximum atomic E-state index is 15.6. The van der Waals surface area contributed by atoms with Gasteiger partial charge in [-0.05, 0) is 74.3 Å². The van der Waals surface area contributed by atoms with Crippen LogP contribution in [0.4, 0.5) is 23.7 Å². The van der Waals surface area contributed by atoms with Gasteiger partial charge in [0.05, 0.1) is 17.6 Å². The molecule has 3 N–H and O–H groups in total. The molecule has 2 fully saturated rings. The van der Waals surface area contributed by atoms with Gasteiger partial charge in [0, 0.05) is 68.7 Å². The molecule has 1 saturated carbocycles. The first-order valence-electron chi connectivity index (χ1n) is 18.8. The predicted octanol–water partition coefficient (Wildman–Crippen LogP) is 6.31. The molecule has 5 aromatic rings. The maximum Gasteiger partial charge on any atom is 0.321 e. The lowest BCUT2D eigenvalue weighted by Crippen LogP contribution is -2.61. The minimum atomic E-state index is -1.09. The van der Waals surface area contributed by atoms with Gasteiger partial charge in [-0.1, -0.05) is 29.9 Å². The molecule has 3 aromatic heterocycles. The van der Waals surface area contributed by atoms with E-state index in [4.69, 9.17) is 4.52 Å². The first-order valence-corrected chi connectivity index (χ1v) is 18.8. The van der Waals surface area contributed by atoms with Gasteiger partial charge >= 0.3 is 6.03 Å². The monoisotopic (exact) mass is 796 g/mol. The first kappa shape index (κ1) is 40.0. The first-order chi connectivity index (χ1) is 27.7. The molecule has 3 amide bonds. The van der Waals surface area contributed by atoms with Gasteiger partial charge in [0.15, 0.2) is 17.3 Å². The third-order valence-electron chi connectivity index (χ3n) is 11.0. The molecule has 7 rings (SSSR count). The lowest BCUT2D eigenvalue weighted by molar-refractivity contribution is -0.107. The summed E-state index contributed by atoms with van der Waals surface area (Å²) in [7, 11) is 1.46. The van der Waals surface area contributed by atoms with Crippen molar-refractivity contribution in [1.82, 2.24) is 45.8 Å². The zero-order chi connectivity index (χ0) is 41.4. The van der Waals surface area contributed by atoms with Crippen LogP contribution in [0.5, 0.6) is 0 Å². The number of anilines is 1. The van der Waals surface area contributed by atoms with E-state index in [-0.39, 0.29) is 59.6 Å². The van der Waals surface area contributed by atoms with Gasteiger partial charge in [0.1, 0.15) is 29.6 Å². The number of benzene rings is 2. The van der Waals surface area contributed by atoms with Crippen LogP contribution in [0.2, 0.25) is 0 Å². The van der Waals surface area contributed by atoms with Gasteiger partial charge in [0.25, 0.3) is 5.91 Å². The van der Waals surface area contributed by atoms with Crippen LogP contribution in [-0.4, -0.2) is 80.1 Å². The van der Waals surface area contributed by atoms with Gasteiger partial charge in [-0.2, -0.15) is 5.10 Å². The molecule has 1 saturated heterocycles. The molecule has 2 aromatic carbocycles. The maximum absolute atomic E-state index is 15.6. The highest BCUT2D eigenvalue weighted by atomic mass is 19.1. The Morgan fingerprint density at radius 2 is 1.88 bits per heavy atom. The number of amides is 3. The number of nitrogens with one attached hydrogen (secondary N) is 3. The second-order valence-electron chi connectivity index (χ2n) is 15.5. The summed E-state index contributed by atoms with van der Waals surface area (Å²) in [6, 6.07) is 11.0. The van der Waals surface area contributed by atoms with E-state index in [1.54, 1.807) is 32.9 Å². The van der Waals surface area contributed by atoms with Gasteiger partial charge in [-0.15, -0.1) is 0 Å². The molecule has 58 heavy (non-hydrogen) atoms. The summed E-state index contributed by atoms with van der Waals surface area (Å²) in [5.74, 6) is -1.24. The van der Waals surface area contributed by atoms with Crippen molar-refractivity contribution in [1.29, 1.82) is 0 Å². The summed E-state index contributed by atoms with van der Waals surface area (Å²) >= 11 is 0. The molecule has 2 aliphatic rings. The van der Waals surface area contributed by atoms with Gasteiger partial charge in [-0.3, -0.25) is 19.7 Å². The number of aromatic nitrogens is 6. The normalized spacial score (nSPS) is 15.1. The smallest absolute Gasteiger partial charge is 0.321 e. The Bertz CT molecular complexity index is 2380. The van der Waals surface area contributed by atoms with Crippen LogP contribution in [-0.2, 0) is 23.3 Å². The topological polar surface area (TPSA) is 175 Å². The number of aldehydes is 1. The fourth-order valence-corrected chi connectivity index (χ4v) is 7.64. The molecular weight excluding hydrogens is 754 g/mol. The minimum Gasteiger partial charge on any atom is -0.350 e. The number of hydrogen-bond acceptors (Lipinski definition) is 10. The molecule has 1 aliphatic heterocycles. The lowest BCUT2D eigenvalue weighted by atomic mass is 9.56. The molecule has 4 heterocycles. The number of halogens is 3. The summed E-state index contributed by atoms with van der Waals surface area (Å²) in [5, 5.41) is 15.8. The highest BCUT2D eigenvalue weighted by Gasteiger charge is 2.52. The van der Waals surface area contributed by atoms with Crippen molar-refractivity contribution in [3.63, 3.8) is 0 Å². The molecular formula is C41H43F3N10O4. The quantitative estimate of drug-likeness (QED) is 0.108. The van der Waals surface area contributed by atoms with Gasteiger partial charge < -0.3 is 20.0 Å². The fourth-order valence-electron chi connectivity index (χ4n) is 7.64. The van der Waals surface area contributed by atoms with E-state index in [0.29, 0.717) is 35.5 Å². The Balaban J connectivity index is 0.911. The van der Waals surface area contributed by atoms with Crippen LogP contribution in [0.25, 0.3) is 22.6 Å². The Kier molecular flexibility index (Phi) is 11.0. The third kappa shape index (κ3) is 7.98. The summed E-state index contributed by atoms with van der Waals surface area (Å²) in [4.78, 5) is 52.5. The Morgan fingerprint density at radius 1 is 1.10 bits per heavy atom. The number of aromatic amines is 1. The van der Waals surface area contributed by atoms with Crippen LogP contribution in [0, 0.1) is 24.0 Å². The average molecular weight is 797 g/mol.